The van der Waals surface area contributed by atoms with E-state index in [1.165, 1.54) is 0 Å². The van der Waals surface area contributed by atoms with Crippen LogP contribution in [0.1, 0.15) is 20.8 Å². The highest BCUT2D eigenvalue weighted by Crippen LogP contribution is 2.25. The molecule has 0 bridgehead atoms. The van der Waals surface area contributed by atoms with Crippen LogP contribution in [0.15, 0.2) is 18.2 Å². The molecule has 1 aromatic rings. The molecule has 1 unspecified atom stereocenters. The zero-order valence-corrected chi connectivity index (χ0v) is 13.1. The molecule has 2 N–H and O–H groups in total. The Morgan fingerprint density at radius 1 is 1.45 bits per heavy atom. The van der Waals surface area contributed by atoms with Crippen LogP contribution in [-0.2, 0) is 4.79 Å². The molecule has 0 aliphatic carbocycles. The van der Waals surface area contributed by atoms with Crippen molar-refractivity contribution in [1.82, 2.24) is 5.32 Å². The fourth-order valence-corrected chi connectivity index (χ4v) is 1.92. The molecule has 6 heteroatoms. The Hall–Kier alpha value is -1.44. The van der Waals surface area contributed by atoms with Gasteiger partial charge in [0.05, 0.1) is 23.3 Å². The third kappa shape index (κ3) is 4.29. The number of amides is 1. The Morgan fingerprint density at radius 2 is 2.10 bits per heavy atom. The van der Waals surface area contributed by atoms with Crippen molar-refractivity contribution in [3.05, 3.63) is 28.2 Å². The van der Waals surface area contributed by atoms with Gasteiger partial charge in [-0.3, -0.25) is 4.79 Å². The SMILES string of the molecule is CC(C)C(C)(C#N)NC(=O)CNc1ccc(Cl)cc1Cl. The summed E-state index contributed by atoms with van der Waals surface area (Å²) in [7, 11) is 0. The number of halogens is 2. The fraction of sp³-hybridized carbons (Fsp3) is 0.429. The van der Waals surface area contributed by atoms with Crippen LogP contribution in [0, 0.1) is 17.2 Å². The molecule has 0 aliphatic heterocycles. The summed E-state index contributed by atoms with van der Waals surface area (Å²) in [5.74, 6) is -0.260. The van der Waals surface area contributed by atoms with E-state index in [2.05, 4.69) is 16.7 Å². The minimum Gasteiger partial charge on any atom is -0.375 e. The Morgan fingerprint density at radius 3 is 2.60 bits per heavy atom. The van der Waals surface area contributed by atoms with Gasteiger partial charge in [-0.2, -0.15) is 5.26 Å². The second kappa shape index (κ2) is 6.83. The van der Waals surface area contributed by atoms with Crippen LogP contribution in [0.4, 0.5) is 5.69 Å². The molecular weight excluding hydrogens is 297 g/mol. The number of rotatable bonds is 5. The lowest BCUT2D eigenvalue weighted by atomic mass is 9.90. The summed E-state index contributed by atoms with van der Waals surface area (Å²) < 4.78 is 0. The minimum atomic E-state index is -0.886. The summed E-state index contributed by atoms with van der Waals surface area (Å²) in [4.78, 5) is 11.9. The second-order valence-corrected chi connectivity index (χ2v) is 5.84. The molecule has 0 saturated carbocycles. The van der Waals surface area contributed by atoms with Gasteiger partial charge in [-0.1, -0.05) is 37.0 Å². The molecule has 0 aliphatic rings. The zero-order valence-electron chi connectivity index (χ0n) is 11.6. The molecule has 1 aromatic carbocycles. The maximum Gasteiger partial charge on any atom is 0.240 e. The number of nitriles is 1. The maximum absolute atomic E-state index is 11.9. The summed E-state index contributed by atoms with van der Waals surface area (Å²) in [6.07, 6.45) is 0. The first-order valence-electron chi connectivity index (χ1n) is 6.19. The lowest BCUT2D eigenvalue weighted by molar-refractivity contribution is -0.121. The molecule has 108 valence electrons. The third-order valence-electron chi connectivity index (χ3n) is 3.16. The molecule has 0 saturated heterocycles. The number of anilines is 1. The Balaban J connectivity index is 2.62. The maximum atomic E-state index is 11.9. The number of nitrogens with zero attached hydrogens (tertiary/aromatic N) is 1. The number of hydrogen-bond acceptors (Lipinski definition) is 3. The predicted octanol–water partition coefficient (Wildman–Crippen LogP) is 3.46. The van der Waals surface area contributed by atoms with Crippen molar-refractivity contribution in [3.63, 3.8) is 0 Å². The van der Waals surface area contributed by atoms with E-state index >= 15 is 0 Å². The van der Waals surface area contributed by atoms with Gasteiger partial charge in [0.2, 0.25) is 5.91 Å². The summed E-state index contributed by atoms with van der Waals surface area (Å²) >= 11 is 11.8. The van der Waals surface area contributed by atoms with Crippen molar-refractivity contribution in [2.24, 2.45) is 5.92 Å². The number of carbonyl (C=O) groups is 1. The van der Waals surface area contributed by atoms with Gasteiger partial charge in [-0.25, -0.2) is 0 Å². The van der Waals surface area contributed by atoms with Crippen LogP contribution in [0.3, 0.4) is 0 Å². The number of nitrogens with one attached hydrogen (secondary N) is 2. The van der Waals surface area contributed by atoms with E-state index in [1.807, 2.05) is 13.8 Å². The standard InChI is InChI=1S/C14H17Cl2N3O/c1-9(2)14(3,8-17)19-13(20)7-18-12-5-4-10(15)6-11(12)16/h4-6,9,18H,7H2,1-3H3,(H,19,20). The topological polar surface area (TPSA) is 64.9 Å². The molecule has 0 heterocycles. The average Bonchev–Trinajstić information content (AvgIpc) is 2.37. The van der Waals surface area contributed by atoms with Crippen molar-refractivity contribution < 1.29 is 4.79 Å². The molecule has 20 heavy (non-hydrogen) atoms. The van der Waals surface area contributed by atoms with Gasteiger partial charge in [0.25, 0.3) is 0 Å². The largest absolute Gasteiger partial charge is 0.375 e. The number of carbonyl (C=O) groups excluding carboxylic acids is 1. The van der Waals surface area contributed by atoms with Crippen molar-refractivity contribution in [3.8, 4) is 6.07 Å². The Bertz CT molecular complexity index is 540. The highest BCUT2D eigenvalue weighted by atomic mass is 35.5. The van der Waals surface area contributed by atoms with Crippen molar-refractivity contribution >= 4 is 34.8 Å². The molecule has 0 spiro atoms. The van der Waals surface area contributed by atoms with Crippen LogP contribution in [0.5, 0.6) is 0 Å². The number of hydrogen-bond donors (Lipinski definition) is 2. The first-order chi connectivity index (χ1) is 9.28. The van der Waals surface area contributed by atoms with Crippen LogP contribution in [0.25, 0.3) is 0 Å². The molecule has 4 nitrogen and oxygen atoms in total. The van der Waals surface area contributed by atoms with Crippen LogP contribution < -0.4 is 10.6 Å². The third-order valence-corrected chi connectivity index (χ3v) is 3.70. The van der Waals surface area contributed by atoms with E-state index in [0.29, 0.717) is 15.7 Å². The van der Waals surface area contributed by atoms with Crippen molar-refractivity contribution in [1.29, 1.82) is 5.26 Å². The smallest absolute Gasteiger partial charge is 0.240 e. The highest BCUT2D eigenvalue weighted by Gasteiger charge is 2.29. The summed E-state index contributed by atoms with van der Waals surface area (Å²) in [5, 5.41) is 15.7. The first-order valence-corrected chi connectivity index (χ1v) is 6.95. The summed E-state index contributed by atoms with van der Waals surface area (Å²) in [6, 6.07) is 7.10. The lowest BCUT2D eigenvalue weighted by Gasteiger charge is -2.27. The predicted molar refractivity (Wildman–Crippen MR) is 82.0 cm³/mol. The van der Waals surface area contributed by atoms with Crippen LogP contribution in [-0.4, -0.2) is 18.0 Å². The minimum absolute atomic E-state index is 0.00979. The van der Waals surface area contributed by atoms with Gasteiger partial charge in [-0.05, 0) is 31.0 Å². The van der Waals surface area contributed by atoms with Crippen molar-refractivity contribution in [2.75, 3.05) is 11.9 Å². The van der Waals surface area contributed by atoms with Gasteiger partial charge in [0, 0.05) is 5.02 Å². The quantitative estimate of drug-likeness (QED) is 0.875. The van der Waals surface area contributed by atoms with Gasteiger partial charge in [-0.15, -0.1) is 0 Å². The molecule has 0 aromatic heterocycles. The van der Waals surface area contributed by atoms with Gasteiger partial charge < -0.3 is 10.6 Å². The zero-order chi connectivity index (χ0) is 15.3. The molecule has 0 radical (unpaired) electrons. The molecule has 1 atom stereocenters. The van der Waals surface area contributed by atoms with Gasteiger partial charge in [0.15, 0.2) is 0 Å². The van der Waals surface area contributed by atoms with Gasteiger partial charge >= 0.3 is 0 Å². The highest BCUT2D eigenvalue weighted by molar-refractivity contribution is 6.36. The molecule has 1 rings (SSSR count). The fourth-order valence-electron chi connectivity index (χ4n) is 1.44. The van der Waals surface area contributed by atoms with Crippen LogP contribution >= 0.6 is 23.2 Å². The average molecular weight is 314 g/mol. The molecule has 0 fully saturated rings. The Labute approximate surface area is 129 Å². The van der Waals surface area contributed by atoms with E-state index in [4.69, 9.17) is 28.5 Å². The van der Waals surface area contributed by atoms with E-state index in [0.717, 1.165) is 0 Å². The first kappa shape index (κ1) is 16.6. The van der Waals surface area contributed by atoms with E-state index in [-0.39, 0.29) is 18.4 Å². The van der Waals surface area contributed by atoms with Crippen molar-refractivity contribution in [2.45, 2.75) is 26.3 Å². The summed E-state index contributed by atoms with van der Waals surface area (Å²) in [5.41, 5.74) is -0.267. The summed E-state index contributed by atoms with van der Waals surface area (Å²) in [6.45, 7) is 5.50. The van der Waals surface area contributed by atoms with E-state index in [9.17, 15) is 4.79 Å². The van der Waals surface area contributed by atoms with E-state index < -0.39 is 5.54 Å². The lowest BCUT2D eigenvalue weighted by Crippen LogP contribution is -2.50. The Kier molecular flexibility index (Phi) is 5.67. The molecule has 1 amide bonds. The second-order valence-electron chi connectivity index (χ2n) is 4.99. The van der Waals surface area contributed by atoms with E-state index in [1.54, 1.807) is 25.1 Å². The molecular formula is C14H17Cl2N3O. The number of benzene rings is 1. The normalized spacial score (nSPS) is 13.4. The van der Waals surface area contributed by atoms with Crippen LogP contribution in [0.2, 0.25) is 10.0 Å². The monoisotopic (exact) mass is 313 g/mol. The van der Waals surface area contributed by atoms with Gasteiger partial charge in [0.1, 0.15) is 5.54 Å².